The topological polar surface area (TPSA) is 89.4 Å². The molecule has 3 heterocycles. The van der Waals surface area contributed by atoms with Crippen LogP contribution in [0.25, 0.3) is 11.0 Å². The molecule has 0 unspecified atom stereocenters. The van der Waals surface area contributed by atoms with Crippen LogP contribution in [0.1, 0.15) is 0 Å². The van der Waals surface area contributed by atoms with Crippen molar-refractivity contribution in [3.05, 3.63) is 59.1 Å². The Labute approximate surface area is 155 Å². The quantitative estimate of drug-likeness (QED) is 0.749. The highest BCUT2D eigenvalue weighted by Crippen LogP contribution is 2.15. The molecule has 138 valence electrons. The van der Waals surface area contributed by atoms with Crippen LogP contribution in [0.3, 0.4) is 0 Å². The van der Waals surface area contributed by atoms with Gasteiger partial charge >= 0.3 is 0 Å². The molecule has 1 saturated heterocycles. The number of anilines is 2. The predicted molar refractivity (Wildman–Crippen MR) is 102 cm³/mol. The molecule has 8 nitrogen and oxygen atoms in total. The molecule has 1 amide bonds. The fourth-order valence-electron chi connectivity index (χ4n) is 3.06. The Bertz CT molecular complexity index is 1010. The van der Waals surface area contributed by atoms with Crippen LogP contribution < -0.4 is 15.8 Å². The smallest absolute Gasteiger partial charge is 0.269 e. The maximum atomic E-state index is 12.4. The van der Waals surface area contributed by atoms with E-state index in [1.54, 1.807) is 18.3 Å². The summed E-state index contributed by atoms with van der Waals surface area (Å²) in [6.45, 7) is 2.89. The number of morpholine rings is 1. The lowest BCUT2D eigenvalue weighted by Gasteiger charge is -2.27. The Kier molecular flexibility index (Phi) is 4.80. The van der Waals surface area contributed by atoms with E-state index in [0.717, 1.165) is 18.9 Å². The number of carbonyl (C=O) groups is 1. The van der Waals surface area contributed by atoms with Crippen LogP contribution in [0, 0.1) is 0 Å². The zero-order valence-electron chi connectivity index (χ0n) is 14.7. The van der Waals surface area contributed by atoms with Gasteiger partial charge in [0.1, 0.15) is 12.4 Å². The number of nitrogens with zero attached hydrogens (tertiary/aromatic N) is 4. The van der Waals surface area contributed by atoms with Crippen LogP contribution in [-0.2, 0) is 16.1 Å². The molecule has 0 atom stereocenters. The third-order valence-corrected chi connectivity index (χ3v) is 4.42. The van der Waals surface area contributed by atoms with Gasteiger partial charge in [0.15, 0.2) is 0 Å². The molecule has 2 aromatic heterocycles. The summed E-state index contributed by atoms with van der Waals surface area (Å²) >= 11 is 0. The fraction of sp³-hybridized carbons (Fsp3) is 0.263. The Morgan fingerprint density at radius 2 is 1.89 bits per heavy atom. The normalized spacial score (nSPS) is 14.3. The van der Waals surface area contributed by atoms with E-state index in [-0.39, 0.29) is 18.0 Å². The number of hydrogen-bond acceptors (Lipinski definition) is 6. The Balaban J connectivity index is 1.47. The first kappa shape index (κ1) is 17.2. The van der Waals surface area contributed by atoms with Gasteiger partial charge in [-0.1, -0.05) is 12.1 Å². The van der Waals surface area contributed by atoms with Crippen LogP contribution in [0.2, 0.25) is 0 Å². The standard InChI is InChI=1S/C19H19N5O3/c25-18(13-24-16-4-2-1-3-15(16)20-12-19(24)26)22-14-5-6-17(21-11-14)23-7-9-27-10-8-23/h1-6,11-12H,7-10,13H2,(H,22,25). The molecule has 8 heteroatoms. The number of fused-ring (bicyclic) bond motifs is 1. The third kappa shape index (κ3) is 3.80. The van der Waals surface area contributed by atoms with Gasteiger partial charge in [-0.2, -0.15) is 0 Å². The second-order valence-electron chi connectivity index (χ2n) is 6.22. The summed E-state index contributed by atoms with van der Waals surface area (Å²) in [4.78, 5) is 35.2. The van der Waals surface area contributed by atoms with Gasteiger partial charge in [-0.05, 0) is 24.3 Å². The molecule has 27 heavy (non-hydrogen) atoms. The molecule has 0 radical (unpaired) electrons. The number of rotatable bonds is 4. The van der Waals surface area contributed by atoms with E-state index in [0.29, 0.717) is 29.9 Å². The summed E-state index contributed by atoms with van der Waals surface area (Å²) in [6.07, 6.45) is 2.85. The second-order valence-corrected chi connectivity index (χ2v) is 6.22. The minimum absolute atomic E-state index is 0.0902. The predicted octanol–water partition coefficient (Wildman–Crippen LogP) is 1.27. The number of nitrogens with one attached hydrogen (secondary N) is 1. The molecule has 1 aromatic carbocycles. The van der Waals surface area contributed by atoms with Gasteiger partial charge in [0, 0.05) is 13.1 Å². The van der Waals surface area contributed by atoms with Gasteiger partial charge in [-0.3, -0.25) is 14.2 Å². The minimum Gasteiger partial charge on any atom is -0.378 e. The van der Waals surface area contributed by atoms with E-state index in [4.69, 9.17) is 4.74 Å². The number of ether oxygens (including phenoxy) is 1. The van der Waals surface area contributed by atoms with Crippen molar-refractivity contribution >= 4 is 28.4 Å². The van der Waals surface area contributed by atoms with Crippen molar-refractivity contribution in [3.8, 4) is 0 Å². The van der Waals surface area contributed by atoms with Crippen molar-refractivity contribution in [2.75, 3.05) is 36.5 Å². The van der Waals surface area contributed by atoms with Gasteiger partial charge in [0.25, 0.3) is 5.56 Å². The average Bonchev–Trinajstić information content (AvgIpc) is 2.71. The van der Waals surface area contributed by atoms with Crippen molar-refractivity contribution in [2.24, 2.45) is 0 Å². The first-order valence-electron chi connectivity index (χ1n) is 8.74. The van der Waals surface area contributed by atoms with Crippen molar-refractivity contribution in [1.82, 2.24) is 14.5 Å². The molecule has 0 aliphatic carbocycles. The Hall–Kier alpha value is -3.26. The molecule has 4 rings (SSSR count). The van der Waals surface area contributed by atoms with Crippen molar-refractivity contribution in [1.29, 1.82) is 0 Å². The monoisotopic (exact) mass is 365 g/mol. The van der Waals surface area contributed by atoms with Crippen LogP contribution in [0.4, 0.5) is 11.5 Å². The number of aromatic nitrogens is 3. The third-order valence-electron chi connectivity index (χ3n) is 4.42. The van der Waals surface area contributed by atoms with Crippen molar-refractivity contribution < 1.29 is 9.53 Å². The van der Waals surface area contributed by atoms with E-state index in [1.807, 2.05) is 24.3 Å². The first-order valence-corrected chi connectivity index (χ1v) is 8.74. The maximum Gasteiger partial charge on any atom is 0.269 e. The number of carbonyl (C=O) groups excluding carboxylic acids is 1. The molecular weight excluding hydrogens is 346 g/mol. The number of para-hydroxylation sites is 2. The van der Waals surface area contributed by atoms with Crippen LogP contribution >= 0.6 is 0 Å². The lowest BCUT2D eigenvalue weighted by atomic mass is 10.3. The van der Waals surface area contributed by atoms with Gasteiger partial charge in [0.2, 0.25) is 5.91 Å². The number of benzene rings is 1. The van der Waals surface area contributed by atoms with Crippen LogP contribution in [-0.4, -0.2) is 46.7 Å². The molecule has 1 N–H and O–H groups in total. The average molecular weight is 365 g/mol. The van der Waals surface area contributed by atoms with E-state index >= 15 is 0 Å². The number of hydrogen-bond donors (Lipinski definition) is 1. The summed E-state index contributed by atoms with van der Waals surface area (Å²) in [7, 11) is 0. The lowest BCUT2D eigenvalue weighted by molar-refractivity contribution is -0.116. The highest BCUT2D eigenvalue weighted by Gasteiger charge is 2.13. The first-order chi connectivity index (χ1) is 13.2. The zero-order chi connectivity index (χ0) is 18.6. The van der Waals surface area contributed by atoms with E-state index < -0.39 is 0 Å². The second kappa shape index (κ2) is 7.55. The van der Waals surface area contributed by atoms with Gasteiger partial charge in [0.05, 0.1) is 42.3 Å². The van der Waals surface area contributed by atoms with Gasteiger partial charge in [-0.15, -0.1) is 0 Å². The fourth-order valence-corrected chi connectivity index (χ4v) is 3.06. The minimum atomic E-state index is -0.315. The van der Waals surface area contributed by atoms with E-state index in [9.17, 15) is 9.59 Å². The van der Waals surface area contributed by atoms with Crippen molar-refractivity contribution in [3.63, 3.8) is 0 Å². The molecule has 3 aromatic rings. The molecule has 1 fully saturated rings. The number of pyridine rings is 1. The SMILES string of the molecule is O=C(Cn1c(=O)cnc2ccccc21)Nc1ccc(N2CCOCC2)nc1. The van der Waals surface area contributed by atoms with Crippen LogP contribution in [0.5, 0.6) is 0 Å². The molecule has 1 aliphatic rings. The van der Waals surface area contributed by atoms with Gasteiger partial charge in [-0.25, -0.2) is 9.97 Å². The largest absolute Gasteiger partial charge is 0.378 e. The Morgan fingerprint density at radius 3 is 2.67 bits per heavy atom. The summed E-state index contributed by atoms with van der Waals surface area (Å²) in [5, 5.41) is 2.79. The number of amides is 1. The highest BCUT2D eigenvalue weighted by atomic mass is 16.5. The lowest BCUT2D eigenvalue weighted by Crippen LogP contribution is -2.36. The summed E-state index contributed by atoms with van der Waals surface area (Å²) in [5.41, 5.74) is 1.57. The van der Waals surface area contributed by atoms with Gasteiger partial charge < -0.3 is 15.0 Å². The zero-order valence-corrected chi connectivity index (χ0v) is 14.7. The highest BCUT2D eigenvalue weighted by molar-refractivity contribution is 5.91. The molecule has 0 bridgehead atoms. The summed E-state index contributed by atoms with van der Waals surface area (Å²) in [6, 6.07) is 10.9. The summed E-state index contributed by atoms with van der Waals surface area (Å²) in [5.74, 6) is 0.557. The van der Waals surface area contributed by atoms with Crippen molar-refractivity contribution in [2.45, 2.75) is 6.54 Å². The van der Waals surface area contributed by atoms with E-state index in [1.165, 1.54) is 10.8 Å². The van der Waals surface area contributed by atoms with Crippen LogP contribution in [0.15, 0.2) is 53.6 Å². The van der Waals surface area contributed by atoms with E-state index in [2.05, 4.69) is 20.2 Å². The molecule has 1 aliphatic heterocycles. The Morgan fingerprint density at radius 1 is 1.07 bits per heavy atom. The molecule has 0 spiro atoms. The molecular formula is C19H19N5O3. The maximum absolute atomic E-state index is 12.4. The molecule has 0 saturated carbocycles. The summed E-state index contributed by atoms with van der Waals surface area (Å²) < 4.78 is 6.75.